The number of nitrogens with zero attached hydrogens (tertiary/aromatic N) is 4. The zero-order valence-corrected chi connectivity index (χ0v) is 16.1. The lowest BCUT2D eigenvalue weighted by Gasteiger charge is -2.11. The van der Waals surface area contributed by atoms with Crippen molar-refractivity contribution in [2.45, 2.75) is 13.1 Å². The zero-order chi connectivity index (χ0) is 22.1. The predicted octanol–water partition coefficient (Wildman–Crippen LogP) is 0.373. The lowest BCUT2D eigenvalue weighted by atomic mass is 10.1. The predicted molar refractivity (Wildman–Crippen MR) is 113 cm³/mol. The second kappa shape index (κ2) is 7.71. The molecule has 0 aliphatic rings. The SMILES string of the molecule is C=C(O)c1cc(C(=O)NCc2cccc(CNc3c(N)c(=O)c3=O)c2)nc2ncnn12. The lowest BCUT2D eigenvalue weighted by molar-refractivity contribution is 0.0946. The number of amides is 1. The van der Waals surface area contributed by atoms with Crippen molar-refractivity contribution in [1.29, 1.82) is 0 Å². The van der Waals surface area contributed by atoms with Crippen LogP contribution in [0.15, 0.2) is 52.8 Å². The van der Waals surface area contributed by atoms with Crippen LogP contribution in [0.5, 0.6) is 0 Å². The molecule has 0 atom stereocenters. The fourth-order valence-electron chi connectivity index (χ4n) is 3.03. The molecule has 2 aromatic heterocycles. The largest absolute Gasteiger partial charge is 0.506 e. The van der Waals surface area contributed by atoms with Gasteiger partial charge in [0.1, 0.15) is 34.8 Å². The molecule has 11 heteroatoms. The van der Waals surface area contributed by atoms with Gasteiger partial charge in [-0.15, -0.1) is 0 Å². The Bertz CT molecular complexity index is 1400. The Labute approximate surface area is 174 Å². The summed E-state index contributed by atoms with van der Waals surface area (Å²) in [7, 11) is 0. The van der Waals surface area contributed by atoms with Gasteiger partial charge in [0.25, 0.3) is 22.5 Å². The van der Waals surface area contributed by atoms with E-state index in [4.69, 9.17) is 5.73 Å². The third-order valence-electron chi connectivity index (χ3n) is 4.64. The Kier molecular flexibility index (Phi) is 4.91. The first-order valence-corrected chi connectivity index (χ1v) is 9.13. The van der Waals surface area contributed by atoms with Gasteiger partial charge in [-0.2, -0.15) is 14.6 Å². The number of aromatic nitrogens is 4. The average molecular weight is 419 g/mol. The van der Waals surface area contributed by atoms with E-state index < -0.39 is 16.8 Å². The number of hydrogen-bond donors (Lipinski definition) is 4. The molecule has 2 aromatic carbocycles. The van der Waals surface area contributed by atoms with Crippen molar-refractivity contribution < 1.29 is 9.90 Å². The van der Waals surface area contributed by atoms with Crippen molar-refractivity contribution in [1.82, 2.24) is 24.9 Å². The smallest absolute Gasteiger partial charge is 0.270 e. The molecule has 31 heavy (non-hydrogen) atoms. The zero-order valence-electron chi connectivity index (χ0n) is 16.1. The van der Waals surface area contributed by atoms with Crippen LogP contribution in [0.1, 0.15) is 27.3 Å². The number of nitrogens with one attached hydrogen (secondary N) is 2. The lowest BCUT2D eigenvalue weighted by Crippen LogP contribution is -2.36. The Morgan fingerprint density at radius 1 is 1.16 bits per heavy atom. The molecule has 5 N–H and O–H groups in total. The number of carbonyl (C=O) groups excluding carboxylic acids is 1. The molecule has 4 aromatic rings. The number of anilines is 2. The number of fused-ring (bicyclic) bond motifs is 1. The second-order valence-electron chi connectivity index (χ2n) is 6.75. The topological polar surface area (TPSA) is 165 Å². The fraction of sp³-hybridized carbons (Fsp3) is 0.100. The van der Waals surface area contributed by atoms with E-state index in [1.807, 2.05) is 18.2 Å². The third kappa shape index (κ3) is 3.71. The summed E-state index contributed by atoms with van der Waals surface area (Å²) in [5.41, 5.74) is 6.18. The van der Waals surface area contributed by atoms with Crippen LogP contribution >= 0.6 is 0 Å². The monoisotopic (exact) mass is 419 g/mol. The maximum absolute atomic E-state index is 12.6. The molecule has 0 unspecified atom stereocenters. The van der Waals surface area contributed by atoms with Gasteiger partial charge in [-0.1, -0.05) is 30.8 Å². The summed E-state index contributed by atoms with van der Waals surface area (Å²) in [4.78, 5) is 43.3. The van der Waals surface area contributed by atoms with Crippen LogP contribution in [-0.4, -0.2) is 30.6 Å². The van der Waals surface area contributed by atoms with Gasteiger partial charge >= 0.3 is 0 Å². The fourth-order valence-corrected chi connectivity index (χ4v) is 3.03. The molecule has 0 aliphatic carbocycles. The quantitative estimate of drug-likeness (QED) is 0.245. The molecule has 0 radical (unpaired) electrons. The van der Waals surface area contributed by atoms with E-state index in [-0.39, 0.29) is 40.8 Å². The van der Waals surface area contributed by atoms with E-state index in [0.29, 0.717) is 6.54 Å². The first-order valence-electron chi connectivity index (χ1n) is 9.13. The molecular weight excluding hydrogens is 402 g/mol. The van der Waals surface area contributed by atoms with Crippen LogP contribution in [-0.2, 0) is 13.1 Å². The van der Waals surface area contributed by atoms with Crippen molar-refractivity contribution in [2.75, 3.05) is 11.1 Å². The van der Waals surface area contributed by atoms with Gasteiger partial charge < -0.3 is 21.5 Å². The molecule has 0 fully saturated rings. The molecule has 0 saturated carbocycles. The summed E-state index contributed by atoms with van der Waals surface area (Å²) in [6, 6.07) is 8.67. The Hall–Kier alpha value is -4.54. The maximum Gasteiger partial charge on any atom is 0.270 e. The number of nitrogens with two attached hydrogens (primary N) is 1. The standard InChI is InChI=1S/C20H17N7O4/c1-10(28)14-6-13(26-20-24-9-25-27(14)20)19(31)23-8-12-4-2-3-11(5-12)7-22-16-15(21)17(29)18(16)30/h2-6,9,22,28H,1,7-8,21H2,(H,23,31). The molecule has 0 bridgehead atoms. The summed E-state index contributed by atoms with van der Waals surface area (Å²) < 4.78 is 1.28. The van der Waals surface area contributed by atoms with Crippen LogP contribution in [0, 0.1) is 0 Å². The summed E-state index contributed by atoms with van der Waals surface area (Å²) in [6.45, 7) is 3.97. The van der Waals surface area contributed by atoms with E-state index in [1.54, 1.807) is 6.07 Å². The van der Waals surface area contributed by atoms with Gasteiger partial charge in [0, 0.05) is 13.1 Å². The van der Waals surface area contributed by atoms with Crippen LogP contribution in [0.25, 0.3) is 11.5 Å². The number of benzene rings is 1. The minimum absolute atomic E-state index is 0.0547. The molecule has 0 aliphatic heterocycles. The average Bonchev–Trinajstić information content (AvgIpc) is 3.25. The van der Waals surface area contributed by atoms with Gasteiger partial charge in [-0.25, -0.2) is 4.98 Å². The number of hydrogen-bond acceptors (Lipinski definition) is 9. The molecule has 1 amide bonds. The minimum atomic E-state index is -0.676. The van der Waals surface area contributed by atoms with Gasteiger partial charge in [-0.3, -0.25) is 14.4 Å². The Morgan fingerprint density at radius 2 is 1.90 bits per heavy atom. The highest BCUT2D eigenvalue weighted by atomic mass is 16.3. The van der Waals surface area contributed by atoms with Crippen molar-refractivity contribution in [3.8, 4) is 0 Å². The van der Waals surface area contributed by atoms with Crippen LogP contribution in [0.4, 0.5) is 11.4 Å². The summed E-state index contributed by atoms with van der Waals surface area (Å²) in [6.07, 6.45) is 1.26. The van der Waals surface area contributed by atoms with Crippen molar-refractivity contribution >= 4 is 28.8 Å². The second-order valence-corrected chi connectivity index (χ2v) is 6.75. The Morgan fingerprint density at radius 3 is 2.61 bits per heavy atom. The first kappa shape index (κ1) is 19.8. The summed E-state index contributed by atoms with van der Waals surface area (Å²) >= 11 is 0. The van der Waals surface area contributed by atoms with E-state index >= 15 is 0 Å². The van der Waals surface area contributed by atoms with E-state index in [1.165, 1.54) is 16.9 Å². The molecule has 156 valence electrons. The highest BCUT2D eigenvalue weighted by molar-refractivity contribution is 5.93. The molecule has 2 heterocycles. The van der Waals surface area contributed by atoms with Crippen molar-refractivity contribution in [3.63, 3.8) is 0 Å². The van der Waals surface area contributed by atoms with Gasteiger partial charge in [-0.05, 0) is 17.2 Å². The summed E-state index contributed by atoms with van der Waals surface area (Å²) in [5.74, 6) is -0.578. The van der Waals surface area contributed by atoms with E-state index in [9.17, 15) is 19.5 Å². The normalized spacial score (nSPS) is 11.0. The van der Waals surface area contributed by atoms with Crippen LogP contribution in [0.3, 0.4) is 0 Å². The van der Waals surface area contributed by atoms with Crippen molar-refractivity contribution in [2.24, 2.45) is 0 Å². The molecule has 4 rings (SSSR count). The third-order valence-corrected chi connectivity index (χ3v) is 4.64. The molecular formula is C20H17N7O4. The number of aliphatic hydroxyl groups is 1. The van der Waals surface area contributed by atoms with Gasteiger partial charge in [0.05, 0.1) is 0 Å². The molecule has 0 spiro atoms. The number of rotatable bonds is 7. The van der Waals surface area contributed by atoms with E-state index in [2.05, 4.69) is 32.3 Å². The maximum atomic E-state index is 12.6. The number of aliphatic hydroxyl groups excluding tert-OH is 1. The van der Waals surface area contributed by atoms with Gasteiger partial charge in [0.2, 0.25) is 0 Å². The van der Waals surface area contributed by atoms with Crippen LogP contribution in [0.2, 0.25) is 0 Å². The van der Waals surface area contributed by atoms with Crippen LogP contribution < -0.4 is 27.2 Å². The summed E-state index contributed by atoms with van der Waals surface area (Å²) in [5, 5.41) is 19.3. The Balaban J connectivity index is 1.44. The number of carbonyl (C=O) groups is 1. The highest BCUT2D eigenvalue weighted by Crippen LogP contribution is 2.14. The van der Waals surface area contributed by atoms with E-state index in [0.717, 1.165) is 11.1 Å². The highest BCUT2D eigenvalue weighted by Gasteiger charge is 2.17. The van der Waals surface area contributed by atoms with Gasteiger partial charge in [0.15, 0.2) is 0 Å². The van der Waals surface area contributed by atoms with Crippen molar-refractivity contribution in [3.05, 3.63) is 86.2 Å². The first-order chi connectivity index (χ1) is 14.8. The number of nitrogen functional groups attached to an aromatic ring is 1. The minimum Gasteiger partial charge on any atom is -0.506 e. The molecule has 0 saturated heterocycles. The molecule has 11 nitrogen and oxygen atoms in total.